The Morgan fingerprint density at radius 3 is 2.47 bits per heavy atom. The number of hydrogen-bond donors (Lipinski definition) is 0. The minimum absolute atomic E-state index is 0.488. The smallest absolute Gasteiger partial charge is 0.108 e. The van der Waals surface area contributed by atoms with E-state index in [1.807, 2.05) is 0 Å². The summed E-state index contributed by atoms with van der Waals surface area (Å²) in [6.45, 7) is 5.39. The molecule has 4 heteroatoms. The average molecular weight is 295 g/mol. The molecule has 102 valence electrons. The van der Waals surface area contributed by atoms with Crippen LogP contribution in [0.15, 0.2) is 29.6 Å². The van der Waals surface area contributed by atoms with Gasteiger partial charge in [0.1, 0.15) is 5.01 Å². The molecule has 0 fully saturated rings. The standard InChI is InChI=1S/C15H19ClN2S/c1-11(2)18(3)9-12-4-6-13(7-5-12)14-10-19-15(8-16)17-14/h4-7,10-11H,8-9H2,1-3H3. The van der Waals surface area contributed by atoms with Gasteiger partial charge in [0.25, 0.3) is 0 Å². The third kappa shape index (κ3) is 3.78. The molecule has 2 rings (SSSR count). The Balaban J connectivity index is 2.09. The number of alkyl halides is 1. The third-order valence-corrected chi connectivity index (χ3v) is 4.49. The SMILES string of the molecule is CC(C)N(C)Cc1ccc(-c2csc(CCl)n2)cc1. The highest BCUT2D eigenvalue weighted by Gasteiger charge is 2.06. The summed E-state index contributed by atoms with van der Waals surface area (Å²) >= 11 is 7.39. The molecule has 1 aromatic heterocycles. The summed E-state index contributed by atoms with van der Waals surface area (Å²) in [5.41, 5.74) is 3.50. The van der Waals surface area contributed by atoms with Crippen molar-refractivity contribution in [3.8, 4) is 11.3 Å². The Kier molecular flexibility index (Phi) is 4.97. The van der Waals surface area contributed by atoms with Gasteiger partial charge in [-0.2, -0.15) is 0 Å². The van der Waals surface area contributed by atoms with Crippen LogP contribution in [-0.4, -0.2) is 23.0 Å². The van der Waals surface area contributed by atoms with E-state index in [0.29, 0.717) is 11.9 Å². The highest BCUT2D eigenvalue weighted by atomic mass is 35.5. The van der Waals surface area contributed by atoms with Crippen molar-refractivity contribution in [3.05, 3.63) is 40.2 Å². The zero-order valence-corrected chi connectivity index (χ0v) is 13.1. The molecular formula is C15H19ClN2S. The highest BCUT2D eigenvalue weighted by Crippen LogP contribution is 2.23. The molecule has 0 spiro atoms. The highest BCUT2D eigenvalue weighted by molar-refractivity contribution is 7.10. The lowest BCUT2D eigenvalue weighted by Crippen LogP contribution is -2.25. The fourth-order valence-corrected chi connectivity index (χ4v) is 2.66. The average Bonchev–Trinajstić information content (AvgIpc) is 2.88. The van der Waals surface area contributed by atoms with Crippen LogP contribution in [0.2, 0.25) is 0 Å². The van der Waals surface area contributed by atoms with E-state index in [9.17, 15) is 0 Å². The molecule has 0 amide bonds. The maximum absolute atomic E-state index is 5.78. The lowest BCUT2D eigenvalue weighted by Gasteiger charge is -2.20. The predicted molar refractivity (Wildman–Crippen MR) is 83.7 cm³/mol. The summed E-state index contributed by atoms with van der Waals surface area (Å²) in [4.78, 5) is 6.82. The van der Waals surface area contributed by atoms with E-state index in [4.69, 9.17) is 11.6 Å². The van der Waals surface area contributed by atoms with Crippen molar-refractivity contribution in [2.75, 3.05) is 7.05 Å². The molecule has 0 aliphatic carbocycles. The fourth-order valence-electron chi connectivity index (χ4n) is 1.76. The molecular weight excluding hydrogens is 276 g/mol. The second kappa shape index (κ2) is 6.51. The van der Waals surface area contributed by atoms with E-state index in [2.05, 4.69) is 60.4 Å². The van der Waals surface area contributed by atoms with Crippen molar-refractivity contribution in [3.63, 3.8) is 0 Å². The first kappa shape index (κ1) is 14.5. The first-order valence-electron chi connectivity index (χ1n) is 6.40. The number of nitrogens with zero attached hydrogens (tertiary/aromatic N) is 2. The predicted octanol–water partition coefficient (Wildman–Crippen LogP) is 4.39. The van der Waals surface area contributed by atoms with Gasteiger partial charge in [-0.05, 0) is 26.5 Å². The van der Waals surface area contributed by atoms with Gasteiger partial charge in [0, 0.05) is 23.5 Å². The molecule has 0 N–H and O–H groups in total. The van der Waals surface area contributed by atoms with E-state index in [-0.39, 0.29) is 0 Å². The summed E-state index contributed by atoms with van der Waals surface area (Å²) in [7, 11) is 2.14. The van der Waals surface area contributed by atoms with Gasteiger partial charge in [-0.1, -0.05) is 24.3 Å². The lowest BCUT2D eigenvalue weighted by molar-refractivity contribution is 0.266. The zero-order valence-electron chi connectivity index (χ0n) is 11.6. The summed E-state index contributed by atoms with van der Waals surface area (Å²) in [6.07, 6.45) is 0. The number of thiazole rings is 1. The zero-order chi connectivity index (χ0) is 13.8. The molecule has 19 heavy (non-hydrogen) atoms. The van der Waals surface area contributed by atoms with Gasteiger partial charge in [-0.15, -0.1) is 22.9 Å². The van der Waals surface area contributed by atoms with Crippen LogP contribution in [-0.2, 0) is 12.4 Å². The number of benzene rings is 1. The summed E-state index contributed by atoms with van der Waals surface area (Å²) < 4.78 is 0. The second-order valence-corrected chi connectivity index (χ2v) is 6.18. The molecule has 0 aliphatic rings. The maximum Gasteiger partial charge on any atom is 0.108 e. The molecule has 1 heterocycles. The monoisotopic (exact) mass is 294 g/mol. The molecule has 2 nitrogen and oxygen atoms in total. The first-order valence-corrected chi connectivity index (χ1v) is 7.81. The quantitative estimate of drug-likeness (QED) is 0.760. The van der Waals surface area contributed by atoms with Crippen molar-refractivity contribution in [2.45, 2.75) is 32.3 Å². The van der Waals surface area contributed by atoms with Crippen LogP contribution < -0.4 is 0 Å². The number of hydrogen-bond acceptors (Lipinski definition) is 3. The van der Waals surface area contributed by atoms with Gasteiger partial charge < -0.3 is 0 Å². The molecule has 0 saturated heterocycles. The number of halogens is 1. The Morgan fingerprint density at radius 1 is 1.26 bits per heavy atom. The van der Waals surface area contributed by atoms with Crippen LogP contribution in [0, 0.1) is 0 Å². The molecule has 0 bridgehead atoms. The van der Waals surface area contributed by atoms with Crippen LogP contribution >= 0.6 is 22.9 Å². The van der Waals surface area contributed by atoms with E-state index in [0.717, 1.165) is 22.8 Å². The first-order chi connectivity index (χ1) is 9.10. The van der Waals surface area contributed by atoms with E-state index in [1.165, 1.54) is 5.56 Å². The Morgan fingerprint density at radius 2 is 1.95 bits per heavy atom. The van der Waals surface area contributed by atoms with Crippen LogP contribution in [0.1, 0.15) is 24.4 Å². The van der Waals surface area contributed by atoms with Crippen LogP contribution in [0.4, 0.5) is 0 Å². The van der Waals surface area contributed by atoms with Crippen molar-refractivity contribution in [2.24, 2.45) is 0 Å². The van der Waals surface area contributed by atoms with Gasteiger partial charge in [-0.3, -0.25) is 4.90 Å². The van der Waals surface area contributed by atoms with E-state index < -0.39 is 0 Å². The number of rotatable bonds is 5. The fraction of sp³-hybridized carbons (Fsp3) is 0.400. The van der Waals surface area contributed by atoms with Crippen LogP contribution in [0.25, 0.3) is 11.3 Å². The van der Waals surface area contributed by atoms with Crippen molar-refractivity contribution >= 4 is 22.9 Å². The molecule has 0 radical (unpaired) electrons. The molecule has 0 aliphatic heterocycles. The van der Waals surface area contributed by atoms with E-state index >= 15 is 0 Å². The maximum atomic E-state index is 5.78. The van der Waals surface area contributed by atoms with Gasteiger partial charge in [0.05, 0.1) is 11.6 Å². The van der Waals surface area contributed by atoms with Gasteiger partial charge in [0.15, 0.2) is 0 Å². The topological polar surface area (TPSA) is 16.1 Å². The molecule has 0 saturated carbocycles. The molecule has 2 aromatic rings. The van der Waals surface area contributed by atoms with Gasteiger partial charge in [0.2, 0.25) is 0 Å². The molecule has 0 atom stereocenters. The second-order valence-electron chi connectivity index (χ2n) is 4.97. The van der Waals surface area contributed by atoms with Crippen molar-refractivity contribution < 1.29 is 0 Å². The van der Waals surface area contributed by atoms with Crippen molar-refractivity contribution in [1.82, 2.24) is 9.88 Å². The summed E-state index contributed by atoms with van der Waals surface area (Å²) in [6, 6.07) is 9.18. The van der Waals surface area contributed by atoms with Gasteiger partial charge >= 0.3 is 0 Å². The van der Waals surface area contributed by atoms with E-state index in [1.54, 1.807) is 11.3 Å². The largest absolute Gasteiger partial charge is 0.300 e. The molecule has 0 unspecified atom stereocenters. The Labute approximate surface area is 124 Å². The Bertz CT molecular complexity index is 519. The van der Waals surface area contributed by atoms with Gasteiger partial charge in [-0.25, -0.2) is 4.98 Å². The Hall–Kier alpha value is -0.900. The number of aromatic nitrogens is 1. The third-order valence-electron chi connectivity index (χ3n) is 3.23. The summed E-state index contributed by atoms with van der Waals surface area (Å²) in [5.74, 6) is 0.488. The van der Waals surface area contributed by atoms with Crippen LogP contribution in [0.3, 0.4) is 0 Å². The normalized spacial score (nSPS) is 11.5. The minimum atomic E-state index is 0.488. The summed E-state index contributed by atoms with van der Waals surface area (Å²) in [5, 5.41) is 3.03. The van der Waals surface area contributed by atoms with Crippen molar-refractivity contribution in [1.29, 1.82) is 0 Å². The van der Waals surface area contributed by atoms with Crippen LogP contribution in [0.5, 0.6) is 0 Å². The minimum Gasteiger partial charge on any atom is -0.300 e. The lowest BCUT2D eigenvalue weighted by atomic mass is 10.1. The molecule has 1 aromatic carbocycles.